The molecule has 0 N–H and O–H groups in total. The molecule has 0 aromatic heterocycles. The van der Waals surface area contributed by atoms with Gasteiger partial charge in [-0.2, -0.15) is 0 Å². The predicted octanol–water partition coefficient (Wildman–Crippen LogP) is 4.00. The molecular weight excluding hydrogens is 220 g/mol. The van der Waals surface area contributed by atoms with Gasteiger partial charge in [-0.05, 0) is 49.7 Å². The first-order valence-electron chi connectivity index (χ1n) is 5.97. The number of carbonyl (C=O) groups excluding carboxylic acids is 1. The maximum Gasteiger partial charge on any atom is 0.123 e. The van der Waals surface area contributed by atoms with Gasteiger partial charge in [0.05, 0.1) is 0 Å². The second-order valence-electron chi connectivity index (χ2n) is 4.68. The van der Waals surface area contributed by atoms with Gasteiger partial charge < -0.3 is 4.79 Å². The summed E-state index contributed by atoms with van der Waals surface area (Å²) in [7, 11) is 0. The standard InChI is InChI=1S/C14H17ClO/c15-14-7-5-12(6-8-14)9-11-1-3-13(10-16)4-2-11/h5,7-11,13H,1-4,6H2. The van der Waals surface area contributed by atoms with E-state index in [9.17, 15) is 4.79 Å². The number of halogens is 1. The summed E-state index contributed by atoms with van der Waals surface area (Å²) in [4.78, 5) is 10.6. The smallest absolute Gasteiger partial charge is 0.123 e. The fourth-order valence-corrected chi connectivity index (χ4v) is 2.55. The van der Waals surface area contributed by atoms with Crippen LogP contribution in [0.5, 0.6) is 0 Å². The molecule has 1 fully saturated rings. The van der Waals surface area contributed by atoms with Crippen molar-refractivity contribution in [1.29, 1.82) is 0 Å². The van der Waals surface area contributed by atoms with Gasteiger partial charge in [-0.1, -0.05) is 29.8 Å². The minimum absolute atomic E-state index is 0.311. The van der Waals surface area contributed by atoms with E-state index in [1.807, 2.05) is 12.2 Å². The Morgan fingerprint density at radius 2 is 1.81 bits per heavy atom. The molecule has 0 atom stereocenters. The van der Waals surface area contributed by atoms with Crippen molar-refractivity contribution in [2.24, 2.45) is 11.8 Å². The van der Waals surface area contributed by atoms with Crippen LogP contribution in [-0.2, 0) is 4.79 Å². The molecule has 2 heteroatoms. The van der Waals surface area contributed by atoms with Gasteiger partial charge in [0, 0.05) is 11.0 Å². The number of hydrogen-bond donors (Lipinski definition) is 0. The fourth-order valence-electron chi connectivity index (χ4n) is 2.41. The Labute approximate surface area is 102 Å². The summed E-state index contributed by atoms with van der Waals surface area (Å²) < 4.78 is 0. The van der Waals surface area contributed by atoms with Crippen LogP contribution in [0.3, 0.4) is 0 Å². The Hall–Kier alpha value is -0.820. The van der Waals surface area contributed by atoms with Crippen molar-refractivity contribution in [2.75, 3.05) is 0 Å². The minimum Gasteiger partial charge on any atom is -0.303 e. The lowest BCUT2D eigenvalue weighted by Gasteiger charge is -2.23. The Bertz CT molecular complexity index is 344. The van der Waals surface area contributed by atoms with Crippen LogP contribution >= 0.6 is 11.6 Å². The zero-order chi connectivity index (χ0) is 11.4. The second kappa shape index (κ2) is 5.49. The second-order valence-corrected chi connectivity index (χ2v) is 5.12. The van der Waals surface area contributed by atoms with E-state index in [1.54, 1.807) is 0 Å². The molecule has 1 saturated carbocycles. The Balaban J connectivity index is 1.89. The van der Waals surface area contributed by atoms with Crippen molar-refractivity contribution in [2.45, 2.75) is 32.1 Å². The summed E-state index contributed by atoms with van der Waals surface area (Å²) in [6, 6.07) is 0. The maximum absolute atomic E-state index is 10.6. The van der Waals surface area contributed by atoms with E-state index in [2.05, 4.69) is 12.2 Å². The van der Waals surface area contributed by atoms with Crippen LogP contribution in [0.1, 0.15) is 32.1 Å². The predicted molar refractivity (Wildman–Crippen MR) is 67.3 cm³/mol. The molecule has 2 aliphatic carbocycles. The average Bonchev–Trinajstić information content (AvgIpc) is 2.33. The first-order chi connectivity index (χ1) is 7.78. The summed E-state index contributed by atoms with van der Waals surface area (Å²) >= 11 is 5.87. The van der Waals surface area contributed by atoms with Crippen LogP contribution in [0, 0.1) is 11.8 Å². The van der Waals surface area contributed by atoms with Gasteiger partial charge in [-0.25, -0.2) is 0 Å². The van der Waals surface area contributed by atoms with Gasteiger partial charge in [-0.3, -0.25) is 0 Å². The van der Waals surface area contributed by atoms with E-state index in [0.717, 1.165) is 43.4 Å². The molecule has 2 rings (SSSR count). The Morgan fingerprint density at radius 1 is 1.12 bits per heavy atom. The molecule has 0 saturated heterocycles. The van der Waals surface area contributed by atoms with Crippen molar-refractivity contribution >= 4 is 17.9 Å². The van der Waals surface area contributed by atoms with E-state index in [4.69, 9.17) is 11.6 Å². The summed E-state index contributed by atoms with van der Waals surface area (Å²) in [5.41, 5.74) is 1.36. The first kappa shape index (κ1) is 11.7. The molecule has 0 amide bonds. The lowest BCUT2D eigenvalue weighted by atomic mass is 9.81. The van der Waals surface area contributed by atoms with Crippen LogP contribution in [0.4, 0.5) is 0 Å². The highest BCUT2D eigenvalue weighted by Crippen LogP contribution is 2.30. The van der Waals surface area contributed by atoms with Crippen LogP contribution in [0.25, 0.3) is 0 Å². The molecule has 16 heavy (non-hydrogen) atoms. The van der Waals surface area contributed by atoms with Crippen molar-refractivity contribution in [1.82, 2.24) is 0 Å². The van der Waals surface area contributed by atoms with Crippen molar-refractivity contribution < 1.29 is 4.79 Å². The molecule has 2 aliphatic rings. The number of rotatable bonds is 2. The number of carbonyl (C=O) groups is 1. The van der Waals surface area contributed by atoms with Crippen LogP contribution < -0.4 is 0 Å². The molecule has 0 aromatic rings. The van der Waals surface area contributed by atoms with Crippen LogP contribution in [0.15, 0.2) is 34.9 Å². The lowest BCUT2D eigenvalue weighted by Crippen LogP contribution is -2.14. The number of allylic oxidation sites excluding steroid dienone is 6. The topological polar surface area (TPSA) is 17.1 Å². The van der Waals surface area contributed by atoms with Gasteiger partial charge in [0.2, 0.25) is 0 Å². The molecule has 0 radical (unpaired) electrons. The minimum atomic E-state index is 0.311. The van der Waals surface area contributed by atoms with E-state index < -0.39 is 0 Å². The van der Waals surface area contributed by atoms with Gasteiger partial charge in [0.1, 0.15) is 6.29 Å². The highest BCUT2D eigenvalue weighted by Gasteiger charge is 2.19. The summed E-state index contributed by atoms with van der Waals surface area (Å²) in [5, 5.41) is 0.835. The quantitative estimate of drug-likeness (QED) is 0.663. The Morgan fingerprint density at radius 3 is 2.38 bits per heavy atom. The molecule has 0 aromatic carbocycles. The fraction of sp³-hybridized carbons (Fsp3) is 0.500. The third kappa shape index (κ3) is 3.08. The van der Waals surface area contributed by atoms with E-state index in [0.29, 0.717) is 11.8 Å². The zero-order valence-corrected chi connectivity index (χ0v) is 10.1. The number of aldehydes is 1. The molecule has 0 bridgehead atoms. The number of hydrogen-bond acceptors (Lipinski definition) is 1. The SMILES string of the molecule is O=CC1CCC(C=C2C=CC(Cl)=CC2)CC1. The van der Waals surface area contributed by atoms with Crippen LogP contribution in [-0.4, -0.2) is 6.29 Å². The summed E-state index contributed by atoms with van der Waals surface area (Å²) in [6.07, 6.45) is 14.9. The molecule has 1 nitrogen and oxygen atoms in total. The molecule has 0 unspecified atom stereocenters. The maximum atomic E-state index is 10.6. The highest BCUT2D eigenvalue weighted by atomic mass is 35.5. The third-order valence-corrected chi connectivity index (χ3v) is 3.73. The molecule has 86 valence electrons. The van der Waals surface area contributed by atoms with E-state index in [1.165, 1.54) is 5.57 Å². The van der Waals surface area contributed by atoms with E-state index >= 15 is 0 Å². The normalized spacial score (nSPS) is 32.6. The third-order valence-electron chi connectivity index (χ3n) is 3.45. The summed E-state index contributed by atoms with van der Waals surface area (Å²) in [5.74, 6) is 0.965. The first-order valence-corrected chi connectivity index (χ1v) is 6.35. The zero-order valence-electron chi connectivity index (χ0n) is 9.36. The van der Waals surface area contributed by atoms with E-state index in [-0.39, 0.29) is 0 Å². The lowest BCUT2D eigenvalue weighted by molar-refractivity contribution is -0.112. The van der Waals surface area contributed by atoms with Crippen molar-refractivity contribution in [3.05, 3.63) is 34.9 Å². The summed E-state index contributed by atoms with van der Waals surface area (Å²) in [6.45, 7) is 0. The Kier molecular flexibility index (Phi) is 4.00. The molecule has 0 aliphatic heterocycles. The van der Waals surface area contributed by atoms with Gasteiger partial charge >= 0.3 is 0 Å². The average molecular weight is 237 g/mol. The monoisotopic (exact) mass is 236 g/mol. The van der Waals surface area contributed by atoms with Crippen molar-refractivity contribution in [3.63, 3.8) is 0 Å². The van der Waals surface area contributed by atoms with Crippen molar-refractivity contribution in [3.8, 4) is 0 Å². The van der Waals surface area contributed by atoms with Crippen LogP contribution in [0.2, 0.25) is 0 Å². The van der Waals surface area contributed by atoms with Gasteiger partial charge in [0.25, 0.3) is 0 Å². The highest BCUT2D eigenvalue weighted by molar-refractivity contribution is 6.31. The largest absolute Gasteiger partial charge is 0.303 e. The molecular formula is C14H17ClO. The van der Waals surface area contributed by atoms with Gasteiger partial charge in [-0.15, -0.1) is 0 Å². The molecule has 0 spiro atoms. The van der Waals surface area contributed by atoms with Gasteiger partial charge in [0.15, 0.2) is 0 Å². The molecule has 0 heterocycles.